The van der Waals surface area contributed by atoms with Crippen molar-refractivity contribution in [2.45, 2.75) is 5.75 Å². The van der Waals surface area contributed by atoms with Crippen molar-refractivity contribution in [1.82, 2.24) is 0 Å². The van der Waals surface area contributed by atoms with E-state index in [0.29, 0.717) is 5.75 Å². The third kappa shape index (κ3) is 3.91. The summed E-state index contributed by atoms with van der Waals surface area (Å²) in [6.07, 6.45) is 1.90. The van der Waals surface area contributed by atoms with E-state index in [1.54, 1.807) is 23.9 Å². The molecule has 0 fully saturated rings. The average Bonchev–Trinajstić information content (AvgIpc) is 2.90. The summed E-state index contributed by atoms with van der Waals surface area (Å²) in [5.74, 6) is 1.35. The molecular weight excluding hydrogens is 264 g/mol. The van der Waals surface area contributed by atoms with Gasteiger partial charge >= 0.3 is 0 Å². The van der Waals surface area contributed by atoms with Crippen molar-refractivity contribution in [2.75, 3.05) is 7.11 Å². The topological polar surface area (TPSA) is 32.3 Å². The van der Waals surface area contributed by atoms with Gasteiger partial charge in [-0.15, -0.1) is 0 Å². The Morgan fingerprint density at radius 2 is 2.06 bits per heavy atom. The molecule has 0 saturated heterocycles. The first kappa shape index (κ1) is 13.2. The van der Waals surface area contributed by atoms with Gasteiger partial charge < -0.3 is 9.29 Å². The fraction of sp³-hybridized carbons (Fsp3) is 0.143. The van der Waals surface area contributed by atoms with E-state index in [4.69, 9.17) is 4.74 Å². The van der Waals surface area contributed by atoms with Gasteiger partial charge in [0, 0.05) is 5.56 Å². The van der Waals surface area contributed by atoms with Crippen LogP contribution in [0.15, 0.2) is 46.5 Å². The molecule has 0 saturated carbocycles. The van der Waals surface area contributed by atoms with Gasteiger partial charge in [-0.2, -0.15) is 11.3 Å². The lowest BCUT2D eigenvalue weighted by Crippen LogP contribution is -1.99. The molecule has 0 N–H and O–H groups in total. The van der Waals surface area contributed by atoms with Crippen molar-refractivity contribution in [3.8, 4) is 5.75 Å². The maximum Gasteiger partial charge on any atom is 0.135 e. The first-order valence-electron chi connectivity index (χ1n) is 5.48. The molecule has 0 bridgehead atoms. The Bertz CT molecular complexity index is 489. The van der Waals surface area contributed by atoms with Crippen LogP contribution in [-0.2, 0) is 16.9 Å². The molecule has 0 spiro atoms. The molecule has 4 heteroatoms. The predicted molar refractivity (Wildman–Crippen MR) is 78.2 cm³/mol. The molecule has 94 valence electrons. The maximum atomic E-state index is 11.9. The van der Waals surface area contributed by atoms with Crippen molar-refractivity contribution in [3.05, 3.63) is 57.6 Å². The van der Waals surface area contributed by atoms with Crippen LogP contribution in [0.3, 0.4) is 0 Å². The third-order valence-electron chi connectivity index (χ3n) is 2.42. The van der Waals surface area contributed by atoms with Gasteiger partial charge in [-0.25, -0.2) is 0 Å². The van der Waals surface area contributed by atoms with Gasteiger partial charge in [0.15, 0.2) is 0 Å². The second-order valence-corrected chi connectivity index (χ2v) is 5.83. The van der Waals surface area contributed by atoms with Gasteiger partial charge in [0.2, 0.25) is 0 Å². The van der Waals surface area contributed by atoms with Crippen molar-refractivity contribution < 1.29 is 9.29 Å². The van der Waals surface area contributed by atoms with E-state index in [1.807, 2.05) is 47.2 Å². The van der Waals surface area contributed by atoms with Crippen molar-refractivity contribution in [3.63, 3.8) is 0 Å². The van der Waals surface area contributed by atoms with E-state index in [1.165, 1.54) is 0 Å². The van der Waals surface area contributed by atoms with Gasteiger partial charge in [0.25, 0.3) is 0 Å². The molecule has 1 heterocycles. The SMILES string of the molecule is COc1ccc(C[S+]([O-])/C=C/c2ccsc2)cc1. The molecule has 0 aliphatic carbocycles. The zero-order chi connectivity index (χ0) is 12.8. The number of rotatable bonds is 5. The molecule has 2 aromatic rings. The van der Waals surface area contributed by atoms with Gasteiger partial charge in [-0.3, -0.25) is 0 Å². The number of benzene rings is 1. The van der Waals surface area contributed by atoms with Crippen LogP contribution >= 0.6 is 11.3 Å². The van der Waals surface area contributed by atoms with Crippen LogP contribution in [0.25, 0.3) is 6.08 Å². The largest absolute Gasteiger partial charge is 0.612 e. The molecule has 1 aromatic heterocycles. The summed E-state index contributed by atoms with van der Waals surface area (Å²) in [4.78, 5) is 0. The minimum absolute atomic E-state index is 0.532. The summed E-state index contributed by atoms with van der Waals surface area (Å²) in [5, 5.41) is 5.78. The molecule has 18 heavy (non-hydrogen) atoms. The minimum Gasteiger partial charge on any atom is -0.612 e. The number of hydrogen-bond donors (Lipinski definition) is 0. The zero-order valence-corrected chi connectivity index (χ0v) is 11.7. The highest BCUT2D eigenvalue weighted by Gasteiger charge is 2.04. The lowest BCUT2D eigenvalue weighted by molar-refractivity contribution is 0.414. The van der Waals surface area contributed by atoms with Gasteiger partial charge in [-0.1, -0.05) is 12.1 Å². The Hall–Kier alpha value is -1.23. The minimum atomic E-state index is -0.981. The number of ether oxygens (including phenoxy) is 1. The molecular formula is C14H14O2S2. The highest BCUT2D eigenvalue weighted by Crippen LogP contribution is 2.15. The van der Waals surface area contributed by atoms with Gasteiger partial charge in [0.05, 0.1) is 7.11 Å². The Morgan fingerprint density at radius 3 is 2.67 bits per heavy atom. The van der Waals surface area contributed by atoms with Crippen LogP contribution in [0.5, 0.6) is 5.75 Å². The van der Waals surface area contributed by atoms with E-state index in [-0.39, 0.29) is 0 Å². The molecule has 1 atom stereocenters. The van der Waals surface area contributed by atoms with Crippen molar-refractivity contribution in [1.29, 1.82) is 0 Å². The maximum absolute atomic E-state index is 11.9. The van der Waals surface area contributed by atoms with Gasteiger partial charge in [-0.05, 0) is 51.8 Å². The quantitative estimate of drug-likeness (QED) is 0.782. The summed E-state index contributed by atoms with van der Waals surface area (Å²) in [6.45, 7) is 0. The molecule has 2 rings (SSSR count). The molecule has 2 nitrogen and oxygen atoms in total. The summed E-state index contributed by atoms with van der Waals surface area (Å²) >= 11 is 0.654. The molecule has 0 amide bonds. The second kappa shape index (κ2) is 6.64. The highest BCUT2D eigenvalue weighted by molar-refractivity contribution is 7.93. The van der Waals surface area contributed by atoms with Crippen LogP contribution in [-0.4, -0.2) is 11.7 Å². The Morgan fingerprint density at radius 1 is 1.28 bits per heavy atom. The number of thiophene rings is 1. The lowest BCUT2D eigenvalue weighted by Gasteiger charge is -2.06. The Kier molecular flexibility index (Phi) is 4.87. The monoisotopic (exact) mass is 278 g/mol. The van der Waals surface area contributed by atoms with Crippen LogP contribution in [0.2, 0.25) is 0 Å². The van der Waals surface area contributed by atoms with Crippen LogP contribution < -0.4 is 4.74 Å². The molecule has 0 aliphatic heterocycles. The standard InChI is InChI=1S/C14H14O2S2/c1-16-14-4-2-13(3-5-14)11-18(15)9-7-12-6-8-17-10-12/h2-10H,11H2,1H3/b9-7+. The zero-order valence-electron chi connectivity index (χ0n) is 10.0. The smallest absolute Gasteiger partial charge is 0.135 e. The molecule has 1 aromatic carbocycles. The fourth-order valence-corrected chi connectivity index (χ4v) is 3.01. The fourth-order valence-electron chi connectivity index (χ4n) is 1.46. The third-order valence-corrected chi connectivity index (χ3v) is 4.18. The van der Waals surface area contributed by atoms with E-state index in [9.17, 15) is 4.55 Å². The summed E-state index contributed by atoms with van der Waals surface area (Å²) in [7, 11) is 1.64. The van der Waals surface area contributed by atoms with Crippen molar-refractivity contribution in [2.24, 2.45) is 0 Å². The summed E-state index contributed by atoms with van der Waals surface area (Å²) in [6, 6.07) is 9.65. The van der Waals surface area contributed by atoms with Crippen LogP contribution in [0, 0.1) is 0 Å². The summed E-state index contributed by atoms with van der Waals surface area (Å²) < 4.78 is 16.9. The number of hydrogen-bond acceptors (Lipinski definition) is 3. The van der Waals surface area contributed by atoms with Crippen LogP contribution in [0.1, 0.15) is 11.1 Å². The summed E-state index contributed by atoms with van der Waals surface area (Å²) in [5.41, 5.74) is 2.15. The normalized spacial score (nSPS) is 12.8. The van der Waals surface area contributed by atoms with Gasteiger partial charge in [0.1, 0.15) is 16.9 Å². The predicted octanol–water partition coefficient (Wildman–Crippen LogP) is 3.68. The first-order chi connectivity index (χ1) is 8.78. The van der Waals surface area contributed by atoms with Crippen molar-refractivity contribution >= 4 is 28.6 Å². The number of methoxy groups -OCH3 is 1. The molecule has 0 aliphatic rings. The second-order valence-electron chi connectivity index (χ2n) is 3.73. The lowest BCUT2D eigenvalue weighted by atomic mass is 10.2. The highest BCUT2D eigenvalue weighted by atomic mass is 32.2. The van der Waals surface area contributed by atoms with Crippen LogP contribution in [0.4, 0.5) is 0 Å². The molecule has 1 unspecified atom stereocenters. The first-order valence-corrected chi connectivity index (χ1v) is 7.81. The van der Waals surface area contributed by atoms with E-state index >= 15 is 0 Å². The van der Waals surface area contributed by atoms with E-state index in [2.05, 4.69) is 0 Å². The Balaban J connectivity index is 1.92. The molecule has 0 radical (unpaired) electrons. The van der Waals surface area contributed by atoms with E-state index in [0.717, 1.165) is 16.9 Å². The van der Waals surface area contributed by atoms with E-state index < -0.39 is 11.2 Å². The average molecular weight is 278 g/mol. The Labute approximate surface area is 114 Å².